The lowest BCUT2D eigenvalue weighted by Crippen LogP contribution is -2.52. The van der Waals surface area contributed by atoms with Crippen LogP contribution in [0.5, 0.6) is 0 Å². The highest BCUT2D eigenvalue weighted by atomic mass is 32.2. The molecule has 4 rings (SSSR count). The van der Waals surface area contributed by atoms with Crippen LogP contribution in [0.25, 0.3) is 0 Å². The first-order valence-electron chi connectivity index (χ1n) is 10.4. The summed E-state index contributed by atoms with van der Waals surface area (Å²) >= 11 is 0. The van der Waals surface area contributed by atoms with Crippen molar-refractivity contribution in [2.75, 3.05) is 18.4 Å². The molecule has 2 aromatic rings. The molecule has 2 aliphatic rings. The Hall–Kier alpha value is -2.36. The Bertz CT molecular complexity index is 1080. The molecule has 2 saturated heterocycles. The van der Waals surface area contributed by atoms with Gasteiger partial charge in [-0.1, -0.05) is 13.0 Å². The summed E-state index contributed by atoms with van der Waals surface area (Å²) in [4.78, 5) is 16.6. The maximum Gasteiger partial charge on any atom is 0.253 e. The zero-order chi connectivity index (χ0) is 22.2. The first-order chi connectivity index (χ1) is 14.7. The summed E-state index contributed by atoms with van der Waals surface area (Å²) in [5.74, 6) is -0.867. The minimum absolute atomic E-state index is 0.0418. The lowest BCUT2D eigenvalue weighted by Gasteiger charge is -2.43. The number of aromatic nitrogens is 1. The molecule has 7 nitrogen and oxygen atoms in total. The highest BCUT2D eigenvalue weighted by Crippen LogP contribution is 2.43. The summed E-state index contributed by atoms with van der Waals surface area (Å²) in [7, 11) is -3.80. The van der Waals surface area contributed by atoms with Gasteiger partial charge in [0.1, 0.15) is 11.9 Å². The second-order valence-electron chi connectivity index (χ2n) is 8.37. The highest BCUT2D eigenvalue weighted by Gasteiger charge is 2.50. The summed E-state index contributed by atoms with van der Waals surface area (Å²) < 4.78 is 47.6. The number of carbonyl (C=O) groups is 1. The van der Waals surface area contributed by atoms with Crippen molar-refractivity contribution in [2.24, 2.45) is 5.92 Å². The molecule has 1 spiro atoms. The molecule has 0 bridgehead atoms. The summed E-state index contributed by atoms with van der Waals surface area (Å²) in [6.07, 6.45) is 4.36. The molecule has 0 radical (unpaired) electrons. The number of amides is 1. The quantitative estimate of drug-likeness (QED) is 0.778. The summed E-state index contributed by atoms with van der Waals surface area (Å²) in [5, 5.41) is 2.82. The third-order valence-corrected chi connectivity index (χ3v) is 8.23. The van der Waals surface area contributed by atoms with E-state index < -0.39 is 27.5 Å². The van der Waals surface area contributed by atoms with Gasteiger partial charge in [-0.25, -0.2) is 12.8 Å². The molecule has 1 N–H and O–H groups in total. The number of piperidine rings is 1. The van der Waals surface area contributed by atoms with Crippen LogP contribution in [-0.4, -0.2) is 48.4 Å². The van der Waals surface area contributed by atoms with E-state index in [9.17, 15) is 17.6 Å². The smallest absolute Gasteiger partial charge is 0.253 e. The van der Waals surface area contributed by atoms with Crippen molar-refractivity contribution in [2.45, 2.75) is 49.7 Å². The second-order valence-corrected chi connectivity index (χ2v) is 10.3. The van der Waals surface area contributed by atoms with E-state index in [2.05, 4.69) is 10.3 Å². The van der Waals surface area contributed by atoms with Gasteiger partial charge in [-0.15, -0.1) is 0 Å². The molecular formula is C22H26FN3O4S. The first kappa shape index (κ1) is 21.9. The third-order valence-electron chi connectivity index (χ3n) is 6.37. The Balaban J connectivity index is 1.43. The number of nitrogens with one attached hydrogen (secondary N) is 1. The number of halogens is 1. The molecule has 1 aromatic carbocycles. The highest BCUT2D eigenvalue weighted by molar-refractivity contribution is 7.89. The van der Waals surface area contributed by atoms with E-state index >= 15 is 0 Å². The Morgan fingerprint density at radius 3 is 2.81 bits per heavy atom. The SMILES string of the molecule is Cc1ccc(S(=O)(=O)N2CC[C@]3(CC[C@@H](C(=O)Nc4cccnc4)O3)[C@H](C)C2)cc1F. The van der Waals surface area contributed by atoms with Crippen molar-refractivity contribution < 1.29 is 22.3 Å². The van der Waals surface area contributed by atoms with Gasteiger partial charge in [0.25, 0.3) is 5.91 Å². The van der Waals surface area contributed by atoms with E-state index in [-0.39, 0.29) is 29.8 Å². The van der Waals surface area contributed by atoms with E-state index in [4.69, 9.17) is 4.74 Å². The van der Waals surface area contributed by atoms with Crippen molar-refractivity contribution >= 4 is 21.6 Å². The number of hydrogen-bond acceptors (Lipinski definition) is 5. The average molecular weight is 448 g/mol. The van der Waals surface area contributed by atoms with Crippen LogP contribution in [0, 0.1) is 18.7 Å². The predicted molar refractivity (Wildman–Crippen MR) is 113 cm³/mol. The number of carbonyl (C=O) groups excluding carboxylic acids is 1. The monoisotopic (exact) mass is 447 g/mol. The van der Waals surface area contributed by atoms with Gasteiger partial charge in [0, 0.05) is 19.3 Å². The molecule has 1 amide bonds. The lowest BCUT2D eigenvalue weighted by molar-refractivity contribution is -0.140. The molecule has 2 aliphatic heterocycles. The summed E-state index contributed by atoms with van der Waals surface area (Å²) in [6.45, 7) is 4.06. The summed E-state index contributed by atoms with van der Waals surface area (Å²) in [5.41, 5.74) is 0.470. The van der Waals surface area contributed by atoms with Gasteiger partial charge in [-0.05, 0) is 61.9 Å². The standard InChI is InChI=1S/C22H26FN3O4S/c1-15-5-6-18(12-19(15)23)31(28,29)26-11-9-22(16(2)14-26)8-7-20(30-22)21(27)25-17-4-3-10-24-13-17/h3-6,10,12-13,16,20H,7-9,11,14H2,1-2H3,(H,25,27)/t16-,20+,22-/m1/s1. The Kier molecular flexibility index (Phi) is 5.85. The number of aryl methyl sites for hydroxylation is 1. The van der Waals surface area contributed by atoms with Crippen LogP contribution < -0.4 is 5.32 Å². The molecule has 9 heteroatoms. The topological polar surface area (TPSA) is 88.6 Å². The van der Waals surface area contributed by atoms with Crippen LogP contribution in [-0.2, 0) is 19.6 Å². The average Bonchev–Trinajstić information content (AvgIpc) is 3.18. The van der Waals surface area contributed by atoms with E-state index in [0.29, 0.717) is 30.5 Å². The third kappa shape index (κ3) is 4.22. The van der Waals surface area contributed by atoms with Crippen LogP contribution in [0.2, 0.25) is 0 Å². The molecule has 0 unspecified atom stereocenters. The van der Waals surface area contributed by atoms with E-state index in [1.54, 1.807) is 31.5 Å². The molecule has 31 heavy (non-hydrogen) atoms. The fourth-order valence-electron chi connectivity index (χ4n) is 4.39. The van der Waals surface area contributed by atoms with Crippen molar-refractivity contribution in [1.29, 1.82) is 0 Å². The van der Waals surface area contributed by atoms with Crippen molar-refractivity contribution in [1.82, 2.24) is 9.29 Å². The van der Waals surface area contributed by atoms with Gasteiger partial charge in [0.2, 0.25) is 10.0 Å². The van der Waals surface area contributed by atoms with Crippen LogP contribution >= 0.6 is 0 Å². The number of ether oxygens (including phenoxy) is 1. The molecular weight excluding hydrogens is 421 g/mol. The molecule has 166 valence electrons. The molecule has 1 aromatic heterocycles. The number of rotatable bonds is 4. The maximum absolute atomic E-state index is 13.9. The van der Waals surface area contributed by atoms with Gasteiger partial charge >= 0.3 is 0 Å². The minimum atomic E-state index is -3.80. The maximum atomic E-state index is 13.9. The Morgan fingerprint density at radius 2 is 2.13 bits per heavy atom. The molecule has 3 heterocycles. The molecule has 0 aliphatic carbocycles. The minimum Gasteiger partial charge on any atom is -0.362 e. The van der Waals surface area contributed by atoms with Gasteiger partial charge in [-0.2, -0.15) is 4.31 Å². The fraction of sp³-hybridized carbons (Fsp3) is 0.455. The van der Waals surface area contributed by atoms with Crippen LogP contribution in [0.1, 0.15) is 31.7 Å². The summed E-state index contributed by atoms with van der Waals surface area (Å²) in [6, 6.07) is 7.49. The fourth-order valence-corrected chi connectivity index (χ4v) is 5.93. The number of anilines is 1. The zero-order valence-electron chi connectivity index (χ0n) is 17.5. The van der Waals surface area contributed by atoms with Gasteiger partial charge in [0.15, 0.2) is 0 Å². The zero-order valence-corrected chi connectivity index (χ0v) is 18.4. The lowest BCUT2D eigenvalue weighted by atomic mass is 9.81. The number of nitrogens with zero attached hydrogens (tertiary/aromatic N) is 2. The van der Waals surface area contributed by atoms with Crippen molar-refractivity contribution in [3.8, 4) is 0 Å². The number of benzene rings is 1. The van der Waals surface area contributed by atoms with E-state index in [1.165, 1.54) is 16.4 Å². The Labute approximate surface area is 181 Å². The molecule has 0 saturated carbocycles. The largest absolute Gasteiger partial charge is 0.362 e. The van der Waals surface area contributed by atoms with Gasteiger partial charge in [-0.3, -0.25) is 9.78 Å². The predicted octanol–water partition coefficient (Wildman–Crippen LogP) is 3.12. The van der Waals surface area contributed by atoms with Crippen LogP contribution in [0.4, 0.5) is 10.1 Å². The number of pyridine rings is 1. The Morgan fingerprint density at radius 1 is 1.32 bits per heavy atom. The van der Waals surface area contributed by atoms with Gasteiger partial charge < -0.3 is 10.1 Å². The second kappa shape index (κ2) is 8.29. The molecule has 2 fully saturated rings. The molecule has 3 atom stereocenters. The number of sulfonamides is 1. The van der Waals surface area contributed by atoms with Crippen molar-refractivity contribution in [3.05, 3.63) is 54.1 Å². The van der Waals surface area contributed by atoms with Crippen LogP contribution in [0.3, 0.4) is 0 Å². The normalized spacial score (nSPS) is 26.8. The number of hydrogen-bond donors (Lipinski definition) is 1. The first-order valence-corrected chi connectivity index (χ1v) is 11.8. The van der Waals surface area contributed by atoms with E-state index in [0.717, 1.165) is 6.07 Å². The van der Waals surface area contributed by atoms with Gasteiger partial charge in [0.05, 0.1) is 22.4 Å². The van der Waals surface area contributed by atoms with Crippen LogP contribution in [0.15, 0.2) is 47.6 Å². The van der Waals surface area contributed by atoms with E-state index in [1.807, 2.05) is 6.92 Å². The van der Waals surface area contributed by atoms with Crippen molar-refractivity contribution in [3.63, 3.8) is 0 Å².